The van der Waals surface area contributed by atoms with Crippen LogP contribution in [0, 0.1) is 6.92 Å². The molecule has 1 aromatic carbocycles. The number of benzene rings is 1. The van der Waals surface area contributed by atoms with Gasteiger partial charge >= 0.3 is 0 Å². The van der Waals surface area contributed by atoms with E-state index in [1.807, 2.05) is 44.1 Å². The van der Waals surface area contributed by atoms with Crippen molar-refractivity contribution < 1.29 is 4.79 Å². The van der Waals surface area contributed by atoms with Gasteiger partial charge in [-0.25, -0.2) is 4.98 Å². The number of hydrogen-bond donors (Lipinski definition) is 1. The van der Waals surface area contributed by atoms with Gasteiger partial charge in [-0.1, -0.05) is 26.0 Å². The number of nitrogens with zero attached hydrogens (tertiary/aromatic N) is 3. The molecule has 0 radical (unpaired) electrons. The van der Waals surface area contributed by atoms with Gasteiger partial charge < -0.3 is 14.8 Å². The number of imidazole rings is 1. The summed E-state index contributed by atoms with van der Waals surface area (Å²) in [7, 11) is 4.03. The Bertz CT molecular complexity index is 676. The molecule has 0 aliphatic carbocycles. The number of aromatic amines is 1. The summed E-state index contributed by atoms with van der Waals surface area (Å²) in [5.74, 6) is 0.461. The highest BCUT2D eigenvalue weighted by atomic mass is 16.2. The summed E-state index contributed by atoms with van der Waals surface area (Å²) in [5.41, 5.74) is 3.85. The largest absolute Gasteiger partial charge is 0.348 e. The average Bonchev–Trinajstić information content (AvgIpc) is 2.95. The van der Waals surface area contributed by atoms with Gasteiger partial charge in [0.2, 0.25) is 0 Å². The SMILES string of the molecule is Cc1[nH]cnc1CN(CCN(C)C)C(=O)c1cccc(C(C)C)c1. The predicted molar refractivity (Wildman–Crippen MR) is 97.2 cm³/mol. The molecule has 0 fully saturated rings. The van der Waals surface area contributed by atoms with Gasteiger partial charge in [-0.05, 0) is 44.6 Å². The van der Waals surface area contributed by atoms with Crippen molar-refractivity contribution >= 4 is 5.91 Å². The van der Waals surface area contributed by atoms with E-state index in [0.29, 0.717) is 19.0 Å². The van der Waals surface area contributed by atoms with Crippen LogP contribution in [0.25, 0.3) is 0 Å². The van der Waals surface area contributed by atoms with Crippen molar-refractivity contribution in [3.05, 3.63) is 53.1 Å². The number of amides is 1. The molecule has 0 saturated carbocycles. The van der Waals surface area contributed by atoms with Crippen LogP contribution in [-0.2, 0) is 6.54 Å². The lowest BCUT2D eigenvalue weighted by Crippen LogP contribution is -2.36. The first kappa shape index (κ1) is 18.2. The number of hydrogen-bond acceptors (Lipinski definition) is 3. The van der Waals surface area contributed by atoms with Gasteiger partial charge in [0.1, 0.15) is 0 Å². The standard InChI is InChI=1S/C19H28N4O/c1-14(2)16-7-6-8-17(11-16)19(24)23(10-9-22(4)5)12-18-15(3)20-13-21-18/h6-8,11,13-14H,9-10,12H2,1-5H3,(H,20,21). The molecule has 1 heterocycles. The van der Waals surface area contributed by atoms with Gasteiger partial charge in [-0.2, -0.15) is 0 Å². The van der Waals surface area contributed by atoms with E-state index in [9.17, 15) is 4.79 Å². The van der Waals surface area contributed by atoms with Crippen LogP contribution >= 0.6 is 0 Å². The molecule has 5 heteroatoms. The summed E-state index contributed by atoms with van der Waals surface area (Å²) < 4.78 is 0. The number of H-pyrrole nitrogens is 1. The van der Waals surface area contributed by atoms with Crippen LogP contribution in [-0.4, -0.2) is 52.9 Å². The van der Waals surface area contributed by atoms with Crippen LogP contribution in [0.4, 0.5) is 0 Å². The topological polar surface area (TPSA) is 52.2 Å². The first-order valence-electron chi connectivity index (χ1n) is 8.41. The number of likely N-dealkylation sites (N-methyl/N-ethyl adjacent to an activating group) is 1. The highest BCUT2D eigenvalue weighted by molar-refractivity contribution is 5.94. The number of nitrogens with one attached hydrogen (secondary N) is 1. The number of aryl methyl sites for hydroxylation is 1. The second kappa shape index (κ2) is 8.11. The first-order chi connectivity index (χ1) is 11.4. The Morgan fingerprint density at radius 2 is 2.00 bits per heavy atom. The second-order valence-electron chi connectivity index (χ2n) is 6.78. The molecule has 1 aromatic heterocycles. The zero-order chi connectivity index (χ0) is 17.7. The van der Waals surface area contributed by atoms with E-state index in [1.54, 1.807) is 6.33 Å². The third kappa shape index (κ3) is 4.68. The van der Waals surface area contributed by atoms with E-state index in [2.05, 4.69) is 34.8 Å². The molecule has 1 N–H and O–H groups in total. The van der Waals surface area contributed by atoms with Crippen molar-refractivity contribution in [2.45, 2.75) is 33.2 Å². The van der Waals surface area contributed by atoms with Crippen molar-refractivity contribution in [3.8, 4) is 0 Å². The fourth-order valence-electron chi connectivity index (χ4n) is 2.51. The van der Waals surface area contributed by atoms with Gasteiger partial charge in [-0.15, -0.1) is 0 Å². The number of rotatable bonds is 7. The Balaban J connectivity index is 2.23. The summed E-state index contributed by atoms with van der Waals surface area (Å²) in [4.78, 5) is 24.4. The molecule has 2 aromatic rings. The molecule has 130 valence electrons. The molecule has 0 aliphatic rings. The fourth-order valence-corrected chi connectivity index (χ4v) is 2.51. The third-order valence-corrected chi connectivity index (χ3v) is 4.18. The van der Waals surface area contributed by atoms with Gasteiger partial charge in [0.15, 0.2) is 0 Å². The molecule has 0 atom stereocenters. The first-order valence-corrected chi connectivity index (χ1v) is 8.41. The predicted octanol–water partition coefficient (Wildman–Crippen LogP) is 3.05. The van der Waals surface area contributed by atoms with E-state index in [0.717, 1.165) is 23.5 Å². The Labute approximate surface area is 144 Å². The van der Waals surface area contributed by atoms with Crippen molar-refractivity contribution in [1.29, 1.82) is 0 Å². The Kier molecular flexibility index (Phi) is 6.15. The molecule has 0 saturated heterocycles. The molecule has 0 aliphatic heterocycles. The Morgan fingerprint density at radius 1 is 1.25 bits per heavy atom. The number of aromatic nitrogens is 2. The highest BCUT2D eigenvalue weighted by Gasteiger charge is 2.18. The minimum atomic E-state index is 0.0572. The molecule has 0 bridgehead atoms. The minimum absolute atomic E-state index is 0.0572. The number of carbonyl (C=O) groups excluding carboxylic acids is 1. The molecule has 0 unspecified atom stereocenters. The van der Waals surface area contributed by atoms with Crippen LogP contribution in [0.15, 0.2) is 30.6 Å². The van der Waals surface area contributed by atoms with Crippen molar-refractivity contribution in [2.75, 3.05) is 27.2 Å². The number of carbonyl (C=O) groups is 1. The molecule has 24 heavy (non-hydrogen) atoms. The van der Waals surface area contributed by atoms with Gasteiger partial charge in [-0.3, -0.25) is 4.79 Å². The van der Waals surface area contributed by atoms with E-state index < -0.39 is 0 Å². The van der Waals surface area contributed by atoms with E-state index in [4.69, 9.17) is 0 Å². The monoisotopic (exact) mass is 328 g/mol. The summed E-state index contributed by atoms with van der Waals surface area (Å²) in [6, 6.07) is 7.94. The summed E-state index contributed by atoms with van der Waals surface area (Å²) >= 11 is 0. The molecule has 5 nitrogen and oxygen atoms in total. The quantitative estimate of drug-likeness (QED) is 0.850. The minimum Gasteiger partial charge on any atom is -0.348 e. The maximum Gasteiger partial charge on any atom is 0.254 e. The van der Waals surface area contributed by atoms with Crippen molar-refractivity contribution in [3.63, 3.8) is 0 Å². The van der Waals surface area contributed by atoms with Crippen LogP contribution in [0.3, 0.4) is 0 Å². The van der Waals surface area contributed by atoms with E-state index in [1.165, 1.54) is 5.56 Å². The zero-order valence-electron chi connectivity index (χ0n) is 15.3. The lowest BCUT2D eigenvalue weighted by Gasteiger charge is -2.24. The van der Waals surface area contributed by atoms with E-state index in [-0.39, 0.29) is 5.91 Å². The fraction of sp³-hybridized carbons (Fsp3) is 0.474. The maximum absolute atomic E-state index is 13.0. The summed E-state index contributed by atoms with van der Waals surface area (Å²) in [6.07, 6.45) is 1.68. The van der Waals surface area contributed by atoms with Crippen molar-refractivity contribution in [2.24, 2.45) is 0 Å². The second-order valence-corrected chi connectivity index (χ2v) is 6.78. The summed E-state index contributed by atoms with van der Waals surface area (Å²) in [6.45, 7) is 8.27. The molecular weight excluding hydrogens is 300 g/mol. The van der Waals surface area contributed by atoms with Crippen LogP contribution in [0.5, 0.6) is 0 Å². The van der Waals surface area contributed by atoms with Crippen molar-refractivity contribution in [1.82, 2.24) is 19.8 Å². The lowest BCUT2D eigenvalue weighted by atomic mass is 10.0. The Hall–Kier alpha value is -2.14. The van der Waals surface area contributed by atoms with E-state index >= 15 is 0 Å². The smallest absolute Gasteiger partial charge is 0.254 e. The molecule has 1 amide bonds. The summed E-state index contributed by atoms with van der Waals surface area (Å²) in [5, 5.41) is 0. The highest BCUT2D eigenvalue weighted by Crippen LogP contribution is 2.18. The zero-order valence-corrected chi connectivity index (χ0v) is 15.3. The average molecular weight is 328 g/mol. The van der Waals surface area contributed by atoms with Crippen LogP contribution in [0.2, 0.25) is 0 Å². The maximum atomic E-state index is 13.0. The third-order valence-electron chi connectivity index (χ3n) is 4.18. The van der Waals surface area contributed by atoms with Gasteiger partial charge in [0.25, 0.3) is 5.91 Å². The normalized spacial score (nSPS) is 11.3. The van der Waals surface area contributed by atoms with Gasteiger partial charge in [0.05, 0.1) is 18.6 Å². The lowest BCUT2D eigenvalue weighted by molar-refractivity contribution is 0.0729. The Morgan fingerprint density at radius 3 is 2.58 bits per heavy atom. The molecule has 2 rings (SSSR count). The molecular formula is C19H28N4O. The van der Waals surface area contributed by atoms with Crippen LogP contribution < -0.4 is 0 Å². The van der Waals surface area contributed by atoms with Crippen LogP contribution in [0.1, 0.15) is 47.1 Å². The molecule has 0 spiro atoms. The van der Waals surface area contributed by atoms with Gasteiger partial charge in [0, 0.05) is 24.3 Å².